The third-order valence-electron chi connectivity index (χ3n) is 3.29. The number of carbonyl (C=O) groups excluding carboxylic acids is 1. The minimum Gasteiger partial charge on any atom is -0.315 e. The van der Waals surface area contributed by atoms with E-state index in [4.69, 9.17) is 5.84 Å². The number of hydrazine groups is 1. The number of nitrogens with zero attached hydrogens (tertiary/aromatic N) is 2. The Morgan fingerprint density at radius 1 is 1.42 bits per heavy atom. The zero-order valence-corrected chi connectivity index (χ0v) is 11.4. The average Bonchev–Trinajstić information content (AvgIpc) is 2.78. The number of nitrogens with two attached hydrogens (primary N) is 1. The van der Waals surface area contributed by atoms with Gasteiger partial charge in [-0.1, -0.05) is 26.0 Å². The number of rotatable bonds is 5. The molecule has 3 N–H and O–H groups in total. The molecule has 1 unspecified atom stereocenters. The highest BCUT2D eigenvalue weighted by molar-refractivity contribution is 5.84. The Morgan fingerprint density at radius 3 is 2.79 bits per heavy atom. The Kier molecular flexibility index (Phi) is 4.16. The second-order valence-corrected chi connectivity index (χ2v) is 4.57. The van der Waals surface area contributed by atoms with Crippen molar-refractivity contribution in [2.45, 2.75) is 39.2 Å². The molecule has 0 spiro atoms. The Balaban J connectivity index is 2.60. The van der Waals surface area contributed by atoms with Crippen LogP contribution in [0, 0.1) is 0 Å². The largest absolute Gasteiger partial charge is 0.315 e. The molecule has 5 nitrogen and oxygen atoms in total. The first-order valence-electron chi connectivity index (χ1n) is 6.69. The van der Waals surface area contributed by atoms with Gasteiger partial charge in [-0.3, -0.25) is 10.2 Å². The lowest BCUT2D eigenvalue weighted by Gasteiger charge is -2.18. The molecule has 1 amide bonds. The maximum Gasteiger partial charge on any atom is 0.256 e. The number of hydrogen-bond donors (Lipinski definition) is 2. The van der Waals surface area contributed by atoms with E-state index in [2.05, 4.69) is 17.3 Å². The number of hydrogen-bond acceptors (Lipinski definition) is 3. The lowest BCUT2D eigenvalue weighted by Crippen LogP contribution is -2.37. The Bertz CT molecular complexity index is 576. The number of fused-ring (bicyclic) bond motifs is 1. The number of nitrogens with one attached hydrogen (secondary N) is 1. The summed E-state index contributed by atoms with van der Waals surface area (Å²) in [4.78, 5) is 16.6. The smallest absolute Gasteiger partial charge is 0.256 e. The van der Waals surface area contributed by atoms with E-state index in [1.54, 1.807) is 0 Å². The van der Waals surface area contributed by atoms with Gasteiger partial charge in [0.15, 0.2) is 0 Å². The van der Waals surface area contributed by atoms with Gasteiger partial charge in [-0.25, -0.2) is 10.8 Å². The van der Waals surface area contributed by atoms with Crippen molar-refractivity contribution < 1.29 is 4.79 Å². The van der Waals surface area contributed by atoms with Gasteiger partial charge in [0, 0.05) is 6.42 Å². The Hall–Kier alpha value is -1.88. The van der Waals surface area contributed by atoms with Gasteiger partial charge >= 0.3 is 0 Å². The Morgan fingerprint density at radius 2 is 2.16 bits per heavy atom. The van der Waals surface area contributed by atoms with E-state index in [1.807, 2.05) is 35.8 Å². The molecule has 2 rings (SSSR count). The van der Waals surface area contributed by atoms with Gasteiger partial charge in [0.25, 0.3) is 5.91 Å². The van der Waals surface area contributed by atoms with E-state index in [0.29, 0.717) is 6.42 Å². The monoisotopic (exact) mass is 260 g/mol. The van der Waals surface area contributed by atoms with Crippen molar-refractivity contribution in [3.63, 3.8) is 0 Å². The zero-order chi connectivity index (χ0) is 13.8. The predicted octanol–water partition coefficient (Wildman–Crippen LogP) is 1.93. The second kappa shape index (κ2) is 5.84. The van der Waals surface area contributed by atoms with Crippen LogP contribution in [0.1, 0.15) is 38.6 Å². The summed E-state index contributed by atoms with van der Waals surface area (Å²) in [6, 6.07) is 7.58. The summed E-state index contributed by atoms with van der Waals surface area (Å²) in [7, 11) is 0. The fraction of sp³-hybridized carbons (Fsp3) is 0.429. The summed E-state index contributed by atoms with van der Waals surface area (Å²) < 4.78 is 2.01. The third kappa shape index (κ3) is 2.46. The number of carbonyl (C=O) groups is 1. The van der Waals surface area contributed by atoms with Crippen LogP contribution in [-0.4, -0.2) is 15.5 Å². The number of amides is 1. The highest BCUT2D eigenvalue weighted by atomic mass is 16.2. The number of aromatic nitrogens is 2. The van der Waals surface area contributed by atoms with Gasteiger partial charge in [-0.2, -0.15) is 0 Å². The van der Waals surface area contributed by atoms with Crippen molar-refractivity contribution in [2.75, 3.05) is 0 Å². The molecule has 102 valence electrons. The van der Waals surface area contributed by atoms with Crippen LogP contribution in [0.2, 0.25) is 0 Å². The summed E-state index contributed by atoms with van der Waals surface area (Å²) in [5.74, 6) is 6.06. The normalized spacial score (nSPS) is 12.6. The molecule has 0 aliphatic heterocycles. The van der Waals surface area contributed by atoms with Crippen LogP contribution in [0.4, 0.5) is 0 Å². The van der Waals surface area contributed by atoms with Gasteiger partial charge < -0.3 is 4.57 Å². The molecule has 0 aliphatic carbocycles. The molecule has 5 heteroatoms. The molecule has 1 aromatic carbocycles. The van der Waals surface area contributed by atoms with Crippen molar-refractivity contribution in [3.05, 3.63) is 30.1 Å². The number of benzene rings is 1. The standard InChI is InChI=1S/C14H20N4O/c1-3-7-13-16-10-8-5-6-9-12(10)18(13)11(4-2)14(19)17-15/h5-6,8-9,11H,3-4,7,15H2,1-2H3,(H,17,19). The topological polar surface area (TPSA) is 72.9 Å². The van der Waals surface area contributed by atoms with Crippen molar-refractivity contribution in [3.8, 4) is 0 Å². The maximum atomic E-state index is 12.0. The third-order valence-corrected chi connectivity index (χ3v) is 3.29. The van der Waals surface area contributed by atoms with Crippen LogP contribution in [0.3, 0.4) is 0 Å². The van der Waals surface area contributed by atoms with Gasteiger partial charge in [-0.05, 0) is 25.0 Å². The summed E-state index contributed by atoms with van der Waals surface area (Å²) in [6.45, 7) is 4.08. The molecular formula is C14H20N4O. The molecule has 0 fully saturated rings. The molecule has 0 saturated heterocycles. The highest BCUT2D eigenvalue weighted by Crippen LogP contribution is 2.24. The molecule has 0 bridgehead atoms. The van der Waals surface area contributed by atoms with Gasteiger partial charge in [0.1, 0.15) is 11.9 Å². The summed E-state index contributed by atoms with van der Waals surface area (Å²) >= 11 is 0. The van der Waals surface area contributed by atoms with Crippen molar-refractivity contribution >= 4 is 16.9 Å². The van der Waals surface area contributed by atoms with Gasteiger partial charge in [0.2, 0.25) is 0 Å². The zero-order valence-electron chi connectivity index (χ0n) is 11.4. The molecule has 0 radical (unpaired) electrons. The van der Waals surface area contributed by atoms with Crippen molar-refractivity contribution in [1.82, 2.24) is 15.0 Å². The Labute approximate surface area is 112 Å². The van der Waals surface area contributed by atoms with Gasteiger partial charge in [-0.15, -0.1) is 0 Å². The SMILES string of the molecule is CCCc1nc2ccccc2n1C(CC)C(=O)NN. The molecule has 1 heterocycles. The van der Waals surface area contributed by atoms with E-state index in [9.17, 15) is 4.79 Å². The minimum atomic E-state index is -0.307. The summed E-state index contributed by atoms with van der Waals surface area (Å²) in [5.41, 5.74) is 4.16. The quantitative estimate of drug-likeness (QED) is 0.490. The fourth-order valence-electron chi connectivity index (χ4n) is 2.42. The first-order valence-corrected chi connectivity index (χ1v) is 6.69. The van der Waals surface area contributed by atoms with Crippen LogP contribution in [-0.2, 0) is 11.2 Å². The molecule has 19 heavy (non-hydrogen) atoms. The van der Waals surface area contributed by atoms with Gasteiger partial charge in [0.05, 0.1) is 11.0 Å². The lowest BCUT2D eigenvalue weighted by molar-refractivity contribution is -0.124. The molecule has 1 atom stereocenters. The molecule has 2 aromatic rings. The minimum absolute atomic E-state index is 0.178. The van der Waals surface area contributed by atoms with Crippen LogP contribution in [0.25, 0.3) is 11.0 Å². The van der Waals surface area contributed by atoms with Crippen molar-refractivity contribution in [2.24, 2.45) is 5.84 Å². The summed E-state index contributed by atoms with van der Waals surface area (Å²) in [5, 5.41) is 0. The summed E-state index contributed by atoms with van der Waals surface area (Å²) in [6.07, 6.45) is 2.52. The van der Waals surface area contributed by atoms with E-state index >= 15 is 0 Å². The molecule has 0 saturated carbocycles. The van der Waals surface area contributed by atoms with E-state index in [1.165, 1.54) is 0 Å². The lowest BCUT2D eigenvalue weighted by atomic mass is 10.2. The molecule has 1 aromatic heterocycles. The number of imidazole rings is 1. The number of aryl methyl sites for hydroxylation is 1. The van der Waals surface area contributed by atoms with Crippen LogP contribution >= 0.6 is 0 Å². The predicted molar refractivity (Wildman–Crippen MR) is 75.4 cm³/mol. The number of para-hydroxylation sites is 2. The molecular weight excluding hydrogens is 240 g/mol. The fourth-order valence-corrected chi connectivity index (χ4v) is 2.42. The van der Waals surface area contributed by atoms with Crippen LogP contribution in [0.5, 0.6) is 0 Å². The van der Waals surface area contributed by atoms with E-state index in [0.717, 1.165) is 29.7 Å². The van der Waals surface area contributed by atoms with Crippen LogP contribution in [0.15, 0.2) is 24.3 Å². The van der Waals surface area contributed by atoms with Crippen molar-refractivity contribution in [1.29, 1.82) is 0 Å². The average molecular weight is 260 g/mol. The molecule has 0 aliphatic rings. The highest BCUT2D eigenvalue weighted by Gasteiger charge is 2.22. The van der Waals surface area contributed by atoms with E-state index < -0.39 is 0 Å². The first-order chi connectivity index (χ1) is 9.22. The van der Waals surface area contributed by atoms with E-state index in [-0.39, 0.29) is 11.9 Å². The second-order valence-electron chi connectivity index (χ2n) is 4.57. The maximum absolute atomic E-state index is 12.0. The first kappa shape index (κ1) is 13.5. The van der Waals surface area contributed by atoms with Crippen LogP contribution < -0.4 is 11.3 Å².